The maximum absolute atomic E-state index is 12.2. The molecule has 0 aliphatic rings. The minimum absolute atomic E-state index is 0.109. The van der Waals surface area contributed by atoms with E-state index in [1.807, 2.05) is 39.0 Å². The first-order valence-electron chi connectivity index (χ1n) is 6.13. The molecule has 3 N–H and O–H groups in total. The maximum Gasteiger partial charge on any atom is 0.252 e. The van der Waals surface area contributed by atoms with Crippen LogP contribution in [0.15, 0.2) is 18.2 Å². The molecule has 1 unspecified atom stereocenters. The molecule has 0 saturated heterocycles. The van der Waals surface area contributed by atoms with Gasteiger partial charge in [-0.15, -0.1) is 0 Å². The largest absolute Gasteiger partial charge is 0.392 e. The molecule has 3 nitrogen and oxygen atoms in total. The molecule has 1 aromatic carbocycles. The minimum atomic E-state index is -0.225. The Labute approximate surface area is 114 Å². The van der Waals surface area contributed by atoms with Gasteiger partial charge in [0.2, 0.25) is 0 Å². The van der Waals surface area contributed by atoms with Crippen LogP contribution in [0.4, 0.5) is 0 Å². The van der Waals surface area contributed by atoms with E-state index in [0.29, 0.717) is 10.6 Å². The highest BCUT2D eigenvalue weighted by Gasteiger charge is 2.16. The standard InChI is InChI=1S/C14H20N2OS/c1-4-6-12(13(15)18)16-14(17)11-8-5-7-9(2)10(11)3/h5,7-8,12H,4,6H2,1-3H3,(H2,15,18)(H,16,17). The van der Waals surface area contributed by atoms with Crippen LogP contribution in [0.3, 0.4) is 0 Å². The second-order valence-corrected chi connectivity index (χ2v) is 4.94. The van der Waals surface area contributed by atoms with Crippen LogP contribution in [0.5, 0.6) is 0 Å². The molecule has 0 bridgehead atoms. The van der Waals surface area contributed by atoms with Gasteiger partial charge in [0, 0.05) is 5.56 Å². The second kappa shape index (κ2) is 6.50. The van der Waals surface area contributed by atoms with Crippen molar-refractivity contribution in [3.8, 4) is 0 Å². The van der Waals surface area contributed by atoms with Gasteiger partial charge in [-0.3, -0.25) is 4.79 Å². The quantitative estimate of drug-likeness (QED) is 0.803. The fraction of sp³-hybridized carbons (Fsp3) is 0.429. The summed E-state index contributed by atoms with van der Waals surface area (Å²) >= 11 is 4.97. The average molecular weight is 264 g/mol. The van der Waals surface area contributed by atoms with Crippen LogP contribution in [0.2, 0.25) is 0 Å². The van der Waals surface area contributed by atoms with Gasteiger partial charge >= 0.3 is 0 Å². The number of nitrogens with two attached hydrogens (primary N) is 1. The van der Waals surface area contributed by atoms with Crippen molar-refractivity contribution < 1.29 is 4.79 Å². The zero-order valence-electron chi connectivity index (χ0n) is 11.1. The van der Waals surface area contributed by atoms with Gasteiger partial charge in [-0.05, 0) is 37.5 Å². The summed E-state index contributed by atoms with van der Waals surface area (Å²) in [6.45, 7) is 5.97. The minimum Gasteiger partial charge on any atom is -0.392 e. The molecule has 18 heavy (non-hydrogen) atoms. The van der Waals surface area contributed by atoms with Gasteiger partial charge in [0.15, 0.2) is 0 Å². The Morgan fingerprint density at radius 1 is 1.44 bits per heavy atom. The summed E-state index contributed by atoms with van der Waals surface area (Å²) in [4.78, 5) is 12.5. The van der Waals surface area contributed by atoms with Gasteiger partial charge in [0.1, 0.15) is 0 Å². The Hall–Kier alpha value is -1.42. The lowest BCUT2D eigenvalue weighted by Gasteiger charge is -2.17. The van der Waals surface area contributed by atoms with Crippen molar-refractivity contribution in [3.05, 3.63) is 34.9 Å². The highest BCUT2D eigenvalue weighted by Crippen LogP contribution is 2.13. The maximum atomic E-state index is 12.2. The van der Waals surface area contributed by atoms with E-state index >= 15 is 0 Å². The SMILES string of the molecule is CCCC(NC(=O)c1cccc(C)c1C)C(N)=S. The molecule has 0 aliphatic heterocycles. The molecule has 0 saturated carbocycles. The predicted molar refractivity (Wildman–Crippen MR) is 78.9 cm³/mol. The lowest BCUT2D eigenvalue weighted by molar-refractivity contribution is 0.0945. The molecule has 1 rings (SSSR count). The van der Waals surface area contributed by atoms with E-state index < -0.39 is 0 Å². The van der Waals surface area contributed by atoms with Crippen molar-refractivity contribution in [3.63, 3.8) is 0 Å². The summed E-state index contributed by atoms with van der Waals surface area (Å²) in [5.41, 5.74) is 8.42. The monoisotopic (exact) mass is 264 g/mol. The average Bonchev–Trinajstić information content (AvgIpc) is 2.31. The number of aryl methyl sites for hydroxylation is 1. The van der Waals surface area contributed by atoms with Gasteiger partial charge in [0.25, 0.3) is 5.91 Å². The summed E-state index contributed by atoms with van der Waals surface area (Å²) in [7, 11) is 0. The van der Waals surface area contributed by atoms with Gasteiger partial charge in [-0.2, -0.15) is 0 Å². The van der Waals surface area contributed by atoms with Crippen LogP contribution >= 0.6 is 12.2 Å². The van der Waals surface area contributed by atoms with Crippen molar-refractivity contribution in [2.75, 3.05) is 0 Å². The Morgan fingerprint density at radius 3 is 2.67 bits per heavy atom. The number of carbonyl (C=O) groups excluding carboxylic acids is 1. The fourth-order valence-corrected chi connectivity index (χ4v) is 1.98. The van der Waals surface area contributed by atoms with Crippen LogP contribution in [0, 0.1) is 13.8 Å². The molecular weight excluding hydrogens is 244 g/mol. The molecule has 1 amide bonds. The van der Waals surface area contributed by atoms with Gasteiger partial charge in [0.05, 0.1) is 11.0 Å². The van der Waals surface area contributed by atoms with Crippen LogP contribution in [0.1, 0.15) is 41.3 Å². The van der Waals surface area contributed by atoms with Gasteiger partial charge in [-0.25, -0.2) is 0 Å². The first-order chi connectivity index (χ1) is 8.47. The summed E-state index contributed by atoms with van der Waals surface area (Å²) in [6, 6.07) is 5.47. The highest BCUT2D eigenvalue weighted by molar-refractivity contribution is 7.80. The fourth-order valence-electron chi connectivity index (χ4n) is 1.81. The topological polar surface area (TPSA) is 55.1 Å². The van der Waals surface area contributed by atoms with E-state index in [2.05, 4.69) is 5.32 Å². The zero-order chi connectivity index (χ0) is 13.7. The lowest BCUT2D eigenvalue weighted by Crippen LogP contribution is -2.43. The molecule has 1 aromatic rings. The third-order valence-corrected chi connectivity index (χ3v) is 3.36. The molecule has 4 heteroatoms. The number of hydrogen-bond acceptors (Lipinski definition) is 2. The van der Waals surface area contributed by atoms with Gasteiger partial charge in [-0.1, -0.05) is 37.7 Å². The van der Waals surface area contributed by atoms with Crippen LogP contribution < -0.4 is 11.1 Å². The Bertz CT molecular complexity index is 457. The molecule has 0 aromatic heterocycles. The third-order valence-electron chi connectivity index (χ3n) is 3.08. The molecule has 0 fully saturated rings. The summed E-state index contributed by atoms with van der Waals surface area (Å²) < 4.78 is 0. The van der Waals surface area contributed by atoms with Crippen molar-refractivity contribution in [2.24, 2.45) is 5.73 Å². The number of thiocarbonyl (C=S) groups is 1. The van der Waals surface area contributed by atoms with Crippen LogP contribution in [-0.2, 0) is 0 Å². The van der Waals surface area contributed by atoms with Gasteiger partial charge < -0.3 is 11.1 Å². The molecule has 1 atom stereocenters. The summed E-state index contributed by atoms with van der Waals surface area (Å²) in [5.74, 6) is -0.109. The Kier molecular flexibility index (Phi) is 5.28. The van der Waals surface area contributed by atoms with E-state index in [1.165, 1.54) is 0 Å². The van der Waals surface area contributed by atoms with E-state index in [4.69, 9.17) is 18.0 Å². The van der Waals surface area contributed by atoms with E-state index in [-0.39, 0.29) is 11.9 Å². The molecule has 0 heterocycles. The lowest BCUT2D eigenvalue weighted by atomic mass is 10.0. The highest BCUT2D eigenvalue weighted by atomic mass is 32.1. The molecule has 98 valence electrons. The third kappa shape index (κ3) is 3.53. The van der Waals surface area contributed by atoms with Crippen molar-refractivity contribution in [1.82, 2.24) is 5.32 Å². The van der Waals surface area contributed by atoms with Crippen molar-refractivity contribution >= 4 is 23.1 Å². The smallest absolute Gasteiger partial charge is 0.252 e. The van der Waals surface area contributed by atoms with Crippen LogP contribution in [0.25, 0.3) is 0 Å². The van der Waals surface area contributed by atoms with Crippen molar-refractivity contribution in [1.29, 1.82) is 0 Å². The van der Waals surface area contributed by atoms with E-state index in [1.54, 1.807) is 0 Å². The number of nitrogens with one attached hydrogen (secondary N) is 1. The molecule has 0 aliphatic carbocycles. The summed E-state index contributed by atoms with van der Waals surface area (Å²) in [5, 5.41) is 2.90. The number of benzene rings is 1. The van der Waals surface area contributed by atoms with Crippen LogP contribution in [-0.4, -0.2) is 16.9 Å². The normalized spacial score (nSPS) is 11.9. The van der Waals surface area contributed by atoms with E-state index in [0.717, 1.165) is 24.0 Å². The Morgan fingerprint density at radius 2 is 2.11 bits per heavy atom. The molecular formula is C14H20N2OS. The second-order valence-electron chi connectivity index (χ2n) is 4.46. The molecule has 0 radical (unpaired) electrons. The number of amides is 1. The van der Waals surface area contributed by atoms with Crippen molar-refractivity contribution in [2.45, 2.75) is 39.7 Å². The van der Waals surface area contributed by atoms with E-state index in [9.17, 15) is 4.79 Å². The zero-order valence-corrected chi connectivity index (χ0v) is 11.9. The number of rotatable bonds is 5. The predicted octanol–water partition coefficient (Wildman–Crippen LogP) is 2.49. The number of carbonyl (C=O) groups is 1. The first-order valence-corrected chi connectivity index (χ1v) is 6.54. The molecule has 0 spiro atoms. The number of hydrogen-bond donors (Lipinski definition) is 2. The first kappa shape index (κ1) is 14.6. The summed E-state index contributed by atoms with van der Waals surface area (Å²) in [6.07, 6.45) is 1.70. The Balaban J connectivity index is 2.87.